The first-order valence-electron chi connectivity index (χ1n) is 8.48. The zero-order chi connectivity index (χ0) is 17.9. The molecular formula is C26H18Fe. The molecule has 4 rings (SSSR count). The number of benzene rings is 2. The fraction of sp³-hybridized carbons (Fsp3) is 0. The van der Waals surface area contributed by atoms with Crippen LogP contribution in [0.15, 0.2) is 60.7 Å². The van der Waals surface area contributed by atoms with Crippen LogP contribution in [0.2, 0.25) is 0 Å². The Bertz CT molecular complexity index is 689. The van der Waals surface area contributed by atoms with Gasteiger partial charge in [-0.3, -0.25) is 0 Å². The van der Waals surface area contributed by atoms with Crippen LogP contribution in [-0.2, 0) is 17.1 Å². The molecule has 0 unspecified atom stereocenters. The second kappa shape index (κ2) is 12.5. The van der Waals surface area contributed by atoms with Crippen molar-refractivity contribution in [3.63, 3.8) is 0 Å². The summed E-state index contributed by atoms with van der Waals surface area (Å²) in [5.74, 6) is 14.5. The zero-order valence-electron chi connectivity index (χ0n) is 14.7. The van der Waals surface area contributed by atoms with Crippen molar-refractivity contribution >= 4 is 0 Å². The van der Waals surface area contributed by atoms with Gasteiger partial charge in [-0.2, -0.15) is 0 Å². The van der Waals surface area contributed by atoms with Gasteiger partial charge in [0, 0.05) is 28.2 Å². The molecule has 1 heteroatoms. The Morgan fingerprint density at radius 1 is 0.407 bits per heavy atom. The van der Waals surface area contributed by atoms with Gasteiger partial charge in [0.15, 0.2) is 0 Å². The van der Waals surface area contributed by atoms with Crippen molar-refractivity contribution in [2.45, 2.75) is 0 Å². The van der Waals surface area contributed by atoms with E-state index < -0.39 is 0 Å². The summed E-state index contributed by atoms with van der Waals surface area (Å²) < 4.78 is 0. The van der Waals surface area contributed by atoms with E-state index in [2.05, 4.69) is 23.7 Å². The summed E-state index contributed by atoms with van der Waals surface area (Å²) in [6.45, 7) is 0. The summed E-state index contributed by atoms with van der Waals surface area (Å²) in [7, 11) is 0. The van der Waals surface area contributed by atoms with Crippen LogP contribution in [0, 0.1) is 86.9 Å². The number of hydrogen-bond acceptors (Lipinski definition) is 0. The minimum atomic E-state index is 0. The zero-order valence-corrected chi connectivity index (χ0v) is 15.9. The van der Waals surface area contributed by atoms with Crippen LogP contribution >= 0.6 is 0 Å². The van der Waals surface area contributed by atoms with E-state index in [1.165, 1.54) is 0 Å². The van der Waals surface area contributed by atoms with E-state index in [4.69, 9.17) is 0 Å². The van der Waals surface area contributed by atoms with Crippen molar-refractivity contribution in [3.8, 4) is 23.7 Å². The Labute approximate surface area is 175 Å². The SMILES string of the molecule is C(#Cc1ccccc1)[C]1[CH][CH][CH][CH]1.C(#Cc1ccccc1)[C]1[CH][CH][CH][CH]1.[Fe]. The first-order chi connectivity index (χ1) is 12.9. The number of rotatable bonds is 0. The third-order valence-electron chi connectivity index (χ3n) is 3.58. The molecule has 0 atom stereocenters. The summed E-state index contributed by atoms with van der Waals surface area (Å²) in [5.41, 5.74) is 2.12. The van der Waals surface area contributed by atoms with E-state index in [-0.39, 0.29) is 17.1 Å². The maximum atomic E-state index is 3.10. The van der Waals surface area contributed by atoms with E-state index in [1.807, 2.05) is 112 Å². The van der Waals surface area contributed by atoms with Crippen molar-refractivity contribution < 1.29 is 17.1 Å². The fourth-order valence-electron chi connectivity index (χ4n) is 2.25. The Morgan fingerprint density at radius 2 is 0.741 bits per heavy atom. The van der Waals surface area contributed by atoms with Crippen LogP contribution in [0.5, 0.6) is 0 Å². The fourth-order valence-corrected chi connectivity index (χ4v) is 2.25. The van der Waals surface area contributed by atoms with Gasteiger partial charge >= 0.3 is 0 Å². The first-order valence-corrected chi connectivity index (χ1v) is 8.48. The molecule has 10 radical (unpaired) electrons. The first kappa shape index (κ1) is 21.4. The largest absolute Gasteiger partial charge is 0.0888 e. The molecule has 2 aliphatic rings. The average Bonchev–Trinajstić information content (AvgIpc) is 3.41. The van der Waals surface area contributed by atoms with E-state index in [0.717, 1.165) is 23.0 Å². The van der Waals surface area contributed by atoms with Gasteiger partial charge in [0.2, 0.25) is 0 Å². The van der Waals surface area contributed by atoms with Crippen molar-refractivity contribution in [2.75, 3.05) is 0 Å². The Kier molecular flexibility index (Phi) is 9.87. The maximum absolute atomic E-state index is 3.10. The van der Waals surface area contributed by atoms with Crippen LogP contribution in [0.4, 0.5) is 0 Å². The molecule has 2 aliphatic carbocycles. The van der Waals surface area contributed by atoms with Crippen LogP contribution < -0.4 is 0 Å². The third kappa shape index (κ3) is 8.10. The average molecular weight is 386 g/mol. The van der Waals surface area contributed by atoms with Crippen molar-refractivity contribution in [1.82, 2.24) is 0 Å². The maximum Gasteiger partial charge on any atom is 0.0558 e. The molecule has 0 spiro atoms. The molecule has 0 aliphatic heterocycles. The second-order valence-electron chi connectivity index (χ2n) is 5.58. The van der Waals surface area contributed by atoms with Gasteiger partial charge in [0.1, 0.15) is 0 Å². The van der Waals surface area contributed by atoms with E-state index in [1.54, 1.807) is 0 Å². The Hall–Kier alpha value is -1.92. The molecule has 130 valence electrons. The molecule has 0 saturated heterocycles. The number of hydrogen-bond donors (Lipinski definition) is 0. The molecule has 27 heavy (non-hydrogen) atoms. The van der Waals surface area contributed by atoms with E-state index in [9.17, 15) is 0 Å². The smallest absolute Gasteiger partial charge is 0.0558 e. The predicted molar refractivity (Wildman–Crippen MR) is 108 cm³/mol. The topological polar surface area (TPSA) is 0 Å². The van der Waals surface area contributed by atoms with Gasteiger partial charge in [0.25, 0.3) is 0 Å². The summed E-state index contributed by atoms with van der Waals surface area (Å²) >= 11 is 0. The normalized spacial score (nSPS) is 16.0. The summed E-state index contributed by atoms with van der Waals surface area (Å²) in [6.07, 6.45) is 16.0. The molecule has 0 N–H and O–H groups in total. The minimum Gasteiger partial charge on any atom is -0.0888 e. The molecule has 0 aromatic heterocycles. The van der Waals surface area contributed by atoms with Crippen molar-refractivity contribution in [3.05, 3.63) is 135 Å². The van der Waals surface area contributed by atoms with Crippen LogP contribution in [0.3, 0.4) is 0 Å². The summed E-state index contributed by atoms with van der Waals surface area (Å²) in [4.78, 5) is 0. The van der Waals surface area contributed by atoms with Crippen LogP contribution in [0.25, 0.3) is 0 Å². The quantitative estimate of drug-likeness (QED) is 0.447. The Morgan fingerprint density at radius 3 is 1.07 bits per heavy atom. The molecule has 0 bridgehead atoms. The van der Waals surface area contributed by atoms with E-state index >= 15 is 0 Å². The molecule has 2 aromatic rings. The minimum absolute atomic E-state index is 0. The van der Waals surface area contributed by atoms with Crippen molar-refractivity contribution in [1.29, 1.82) is 0 Å². The van der Waals surface area contributed by atoms with Gasteiger partial charge in [-0.05, 0) is 75.6 Å². The third-order valence-corrected chi connectivity index (χ3v) is 3.58. The molecule has 0 amide bonds. The van der Waals surface area contributed by atoms with Gasteiger partial charge < -0.3 is 0 Å². The monoisotopic (exact) mass is 386 g/mol. The molecule has 0 heterocycles. The molecule has 2 aromatic carbocycles. The van der Waals surface area contributed by atoms with Gasteiger partial charge in [0.05, 0.1) is 11.8 Å². The molecule has 2 saturated carbocycles. The van der Waals surface area contributed by atoms with Gasteiger partial charge in [-0.15, -0.1) is 0 Å². The molecule has 0 nitrogen and oxygen atoms in total. The molecular weight excluding hydrogens is 368 g/mol. The van der Waals surface area contributed by atoms with Crippen LogP contribution in [0.1, 0.15) is 11.1 Å². The molecule has 2 fully saturated rings. The van der Waals surface area contributed by atoms with Gasteiger partial charge in [-0.1, -0.05) is 60.1 Å². The van der Waals surface area contributed by atoms with E-state index in [0.29, 0.717) is 0 Å². The summed E-state index contributed by atoms with van der Waals surface area (Å²) in [6, 6.07) is 20.0. The second-order valence-corrected chi connectivity index (χ2v) is 5.58. The van der Waals surface area contributed by atoms with Crippen LogP contribution in [-0.4, -0.2) is 0 Å². The standard InChI is InChI=1S/2C13H9.Fe/c2*1-2-6-12(7-3-1)10-11-13-8-4-5-9-13;/h2*1-9H;. The Balaban J connectivity index is 0.000000187. The summed E-state index contributed by atoms with van der Waals surface area (Å²) in [5, 5.41) is 0. The predicted octanol–water partition coefficient (Wildman–Crippen LogP) is 4.88. The van der Waals surface area contributed by atoms with Crippen molar-refractivity contribution in [2.24, 2.45) is 0 Å². The van der Waals surface area contributed by atoms with Gasteiger partial charge in [-0.25, -0.2) is 0 Å².